The lowest BCUT2D eigenvalue weighted by atomic mass is 10.1. The minimum Gasteiger partial charge on any atom is -0.488 e. The van der Waals surface area contributed by atoms with Crippen molar-refractivity contribution in [2.45, 2.75) is 32.0 Å². The molecule has 1 aromatic carbocycles. The highest BCUT2D eigenvalue weighted by Gasteiger charge is 2.17. The normalized spacial score (nSPS) is 13.8. The molecule has 0 fully saturated rings. The smallest absolute Gasteiger partial charge is 0.202 e. The second kappa shape index (κ2) is 4.18. The molecule has 0 amide bonds. The summed E-state index contributed by atoms with van der Waals surface area (Å²) in [6.45, 7) is 5.72. The van der Waals surface area contributed by atoms with Crippen LogP contribution in [0.1, 0.15) is 32.0 Å². The number of halogens is 2. The van der Waals surface area contributed by atoms with Crippen molar-refractivity contribution in [2.24, 2.45) is 0 Å². The first-order valence-corrected chi connectivity index (χ1v) is 4.90. The van der Waals surface area contributed by atoms with Crippen LogP contribution in [0.5, 0.6) is 5.75 Å². The van der Waals surface area contributed by atoms with Gasteiger partial charge in [0.25, 0.3) is 0 Å². The highest BCUT2D eigenvalue weighted by Crippen LogP contribution is 2.32. The Kier molecular flexibility index (Phi) is 3.38. The molecule has 0 bridgehead atoms. The van der Waals surface area contributed by atoms with Gasteiger partial charge in [-0.2, -0.15) is 0 Å². The monoisotopic (exact) mass is 216 g/mol. The molecule has 78 valence electrons. The predicted octanol–water partition coefficient (Wildman–Crippen LogP) is 4.07. The highest BCUT2D eigenvalue weighted by atomic mass is 35.5. The quantitative estimate of drug-likeness (QED) is 0.678. The summed E-state index contributed by atoms with van der Waals surface area (Å²) in [4.78, 5) is 0. The van der Waals surface area contributed by atoms with E-state index in [4.69, 9.17) is 16.3 Å². The summed E-state index contributed by atoms with van der Waals surface area (Å²) in [5.41, 5.74) is -1.49. The van der Waals surface area contributed by atoms with E-state index in [0.717, 1.165) is 0 Å². The van der Waals surface area contributed by atoms with Crippen LogP contribution in [0.4, 0.5) is 4.39 Å². The molecule has 0 aromatic heterocycles. The average molecular weight is 217 g/mol. The number of ether oxygens (including phenoxy) is 1. The molecule has 0 saturated heterocycles. The van der Waals surface area contributed by atoms with Gasteiger partial charge in [0.1, 0.15) is 11.4 Å². The van der Waals surface area contributed by atoms with Crippen LogP contribution in [-0.4, -0.2) is 5.60 Å². The van der Waals surface area contributed by atoms with Gasteiger partial charge >= 0.3 is 0 Å². The maximum Gasteiger partial charge on any atom is 0.202 e. The van der Waals surface area contributed by atoms with Gasteiger partial charge in [0, 0.05) is 5.56 Å². The standard InChI is InChI=1S/C11H14ClFO/c1-11(2,3)14-9-7-5-4-6-8(9)10(12)13/h4-7,10H,1-3H3. The summed E-state index contributed by atoms with van der Waals surface area (Å²) in [6.07, 6.45) is 0. The number of benzene rings is 1. The van der Waals surface area contributed by atoms with E-state index in [1.54, 1.807) is 24.3 Å². The summed E-state index contributed by atoms with van der Waals surface area (Å²) in [7, 11) is 0. The number of hydrogen-bond donors (Lipinski definition) is 0. The van der Waals surface area contributed by atoms with Crippen LogP contribution in [0.2, 0.25) is 0 Å². The number of alkyl halides is 2. The molecule has 0 aliphatic carbocycles. The van der Waals surface area contributed by atoms with E-state index >= 15 is 0 Å². The lowest BCUT2D eigenvalue weighted by Gasteiger charge is -2.23. The average Bonchev–Trinajstić information content (AvgIpc) is 2.01. The topological polar surface area (TPSA) is 9.23 Å². The van der Waals surface area contributed by atoms with E-state index in [0.29, 0.717) is 11.3 Å². The lowest BCUT2D eigenvalue weighted by Crippen LogP contribution is -2.23. The number of rotatable bonds is 2. The van der Waals surface area contributed by atoms with E-state index in [9.17, 15) is 4.39 Å². The minimum atomic E-state index is -1.52. The zero-order valence-corrected chi connectivity index (χ0v) is 9.31. The molecule has 1 aromatic rings. The maximum absolute atomic E-state index is 13.0. The molecule has 1 rings (SSSR count). The minimum absolute atomic E-state index is 0.345. The third-order valence-electron chi connectivity index (χ3n) is 1.57. The Bertz CT molecular complexity index is 304. The van der Waals surface area contributed by atoms with Crippen molar-refractivity contribution in [1.29, 1.82) is 0 Å². The summed E-state index contributed by atoms with van der Waals surface area (Å²) in [5.74, 6) is 0.502. The van der Waals surface area contributed by atoms with Gasteiger partial charge in [-0.15, -0.1) is 0 Å². The zero-order chi connectivity index (χ0) is 10.8. The molecule has 0 aliphatic heterocycles. The van der Waals surface area contributed by atoms with Crippen LogP contribution in [-0.2, 0) is 0 Å². The Morgan fingerprint density at radius 2 is 1.86 bits per heavy atom. The molecule has 0 saturated carbocycles. The van der Waals surface area contributed by atoms with Gasteiger partial charge in [0.05, 0.1) is 0 Å². The molecule has 3 heteroatoms. The van der Waals surface area contributed by atoms with Crippen molar-refractivity contribution in [2.75, 3.05) is 0 Å². The first-order chi connectivity index (χ1) is 6.40. The van der Waals surface area contributed by atoms with Gasteiger partial charge < -0.3 is 4.74 Å². The van der Waals surface area contributed by atoms with E-state index in [1.807, 2.05) is 20.8 Å². The third-order valence-corrected chi connectivity index (χ3v) is 1.81. The Hall–Kier alpha value is -0.760. The van der Waals surface area contributed by atoms with Gasteiger partial charge in [-0.25, -0.2) is 4.39 Å². The van der Waals surface area contributed by atoms with Crippen LogP contribution in [0.25, 0.3) is 0 Å². The van der Waals surface area contributed by atoms with E-state index in [2.05, 4.69) is 0 Å². The van der Waals surface area contributed by atoms with Crippen molar-refractivity contribution in [1.82, 2.24) is 0 Å². The Balaban J connectivity index is 2.96. The van der Waals surface area contributed by atoms with E-state index < -0.39 is 5.63 Å². The molecular formula is C11H14ClFO. The molecule has 14 heavy (non-hydrogen) atoms. The third kappa shape index (κ3) is 3.18. The van der Waals surface area contributed by atoms with Crippen LogP contribution in [0.3, 0.4) is 0 Å². The number of para-hydroxylation sites is 1. The second-order valence-corrected chi connectivity index (χ2v) is 4.44. The van der Waals surface area contributed by atoms with Gasteiger partial charge in [0.15, 0.2) is 0 Å². The summed E-state index contributed by atoms with van der Waals surface area (Å²) in [6, 6.07) is 6.87. The SMILES string of the molecule is CC(C)(C)Oc1ccccc1C(F)Cl. The Morgan fingerprint density at radius 1 is 1.29 bits per heavy atom. The zero-order valence-electron chi connectivity index (χ0n) is 8.55. The van der Waals surface area contributed by atoms with Crippen molar-refractivity contribution < 1.29 is 9.13 Å². The molecule has 0 heterocycles. The summed E-state index contributed by atoms with van der Waals surface area (Å²) >= 11 is 5.39. The molecule has 1 unspecified atom stereocenters. The van der Waals surface area contributed by atoms with Crippen molar-refractivity contribution in [3.05, 3.63) is 29.8 Å². The second-order valence-electron chi connectivity index (χ2n) is 4.05. The van der Waals surface area contributed by atoms with Crippen LogP contribution in [0, 0.1) is 0 Å². The van der Waals surface area contributed by atoms with Crippen LogP contribution >= 0.6 is 11.6 Å². The van der Waals surface area contributed by atoms with Crippen molar-refractivity contribution in [3.63, 3.8) is 0 Å². The van der Waals surface area contributed by atoms with Crippen molar-refractivity contribution in [3.8, 4) is 5.75 Å². The van der Waals surface area contributed by atoms with Crippen LogP contribution in [0.15, 0.2) is 24.3 Å². The number of hydrogen-bond acceptors (Lipinski definition) is 1. The predicted molar refractivity (Wildman–Crippen MR) is 56.5 cm³/mol. The molecule has 0 radical (unpaired) electrons. The van der Waals surface area contributed by atoms with E-state index in [1.165, 1.54) is 0 Å². The fourth-order valence-corrected chi connectivity index (χ4v) is 1.26. The Labute approximate surface area is 88.8 Å². The maximum atomic E-state index is 13.0. The molecule has 1 nitrogen and oxygen atoms in total. The first-order valence-electron chi connectivity index (χ1n) is 4.46. The molecule has 0 spiro atoms. The largest absolute Gasteiger partial charge is 0.488 e. The molecular weight excluding hydrogens is 203 g/mol. The lowest BCUT2D eigenvalue weighted by molar-refractivity contribution is 0.128. The summed E-state index contributed by atoms with van der Waals surface area (Å²) in [5, 5.41) is 0. The van der Waals surface area contributed by atoms with E-state index in [-0.39, 0.29) is 5.60 Å². The molecule has 1 atom stereocenters. The van der Waals surface area contributed by atoms with Crippen LogP contribution < -0.4 is 4.74 Å². The molecule has 0 aliphatic rings. The summed E-state index contributed by atoms with van der Waals surface area (Å²) < 4.78 is 18.5. The fraction of sp³-hybridized carbons (Fsp3) is 0.455. The van der Waals surface area contributed by atoms with Gasteiger partial charge in [-0.05, 0) is 26.8 Å². The van der Waals surface area contributed by atoms with Gasteiger partial charge in [0.2, 0.25) is 5.63 Å². The van der Waals surface area contributed by atoms with Gasteiger partial charge in [-0.1, -0.05) is 29.8 Å². The molecule has 0 N–H and O–H groups in total. The highest BCUT2D eigenvalue weighted by molar-refractivity contribution is 6.20. The fourth-order valence-electron chi connectivity index (χ4n) is 1.08. The van der Waals surface area contributed by atoms with Gasteiger partial charge in [-0.3, -0.25) is 0 Å². The van der Waals surface area contributed by atoms with Crippen molar-refractivity contribution >= 4 is 11.6 Å². The Morgan fingerprint density at radius 3 is 2.36 bits per heavy atom. The first kappa shape index (κ1) is 11.3.